The number of carbonyl (C=O) groups is 1. The van der Waals surface area contributed by atoms with Gasteiger partial charge in [0.05, 0.1) is 13.2 Å². The van der Waals surface area contributed by atoms with Crippen molar-refractivity contribution in [1.82, 2.24) is 15.1 Å². The Balaban J connectivity index is 1.65. The molecule has 0 aliphatic carbocycles. The molecule has 156 valence electrons. The van der Waals surface area contributed by atoms with E-state index in [4.69, 9.17) is 9.47 Å². The SMILES string of the molecule is CN(C)C(=O)CN=C(NCCc1cccs1)N1CCCC(C2(C)OCCO2)C1. The van der Waals surface area contributed by atoms with Crippen molar-refractivity contribution in [3.8, 4) is 0 Å². The molecule has 1 aromatic heterocycles. The van der Waals surface area contributed by atoms with Crippen LogP contribution in [0.4, 0.5) is 0 Å². The molecule has 3 heterocycles. The number of likely N-dealkylation sites (tertiary alicyclic amines) is 1. The van der Waals surface area contributed by atoms with Crippen molar-refractivity contribution in [3.63, 3.8) is 0 Å². The quantitative estimate of drug-likeness (QED) is 0.574. The lowest BCUT2D eigenvalue weighted by Crippen LogP contribution is -2.52. The summed E-state index contributed by atoms with van der Waals surface area (Å²) in [5.74, 6) is 0.580. The van der Waals surface area contributed by atoms with Crippen molar-refractivity contribution in [2.24, 2.45) is 10.9 Å². The predicted octanol–water partition coefficient (Wildman–Crippen LogP) is 1.80. The van der Waals surface area contributed by atoms with E-state index in [1.54, 1.807) is 30.3 Å². The topological polar surface area (TPSA) is 66.4 Å². The first-order valence-electron chi connectivity index (χ1n) is 10.0. The molecule has 2 fully saturated rings. The van der Waals surface area contributed by atoms with Crippen molar-refractivity contribution in [1.29, 1.82) is 0 Å². The van der Waals surface area contributed by atoms with E-state index in [2.05, 4.69) is 32.7 Å². The predicted molar refractivity (Wildman–Crippen MR) is 112 cm³/mol. The number of likely N-dealkylation sites (N-methyl/N-ethyl adjacent to an activating group) is 1. The Morgan fingerprint density at radius 3 is 2.89 bits per heavy atom. The highest BCUT2D eigenvalue weighted by Crippen LogP contribution is 2.34. The molecule has 7 nitrogen and oxygen atoms in total. The van der Waals surface area contributed by atoms with Gasteiger partial charge in [-0.25, -0.2) is 4.99 Å². The zero-order valence-corrected chi connectivity index (χ0v) is 18.0. The molecule has 1 N–H and O–H groups in total. The van der Waals surface area contributed by atoms with E-state index in [1.165, 1.54) is 4.88 Å². The maximum Gasteiger partial charge on any atom is 0.243 e. The summed E-state index contributed by atoms with van der Waals surface area (Å²) in [5, 5.41) is 5.57. The lowest BCUT2D eigenvalue weighted by Gasteiger charge is -2.41. The van der Waals surface area contributed by atoms with E-state index in [0.717, 1.165) is 44.9 Å². The van der Waals surface area contributed by atoms with Crippen LogP contribution in [0.5, 0.6) is 0 Å². The standard InChI is InChI=1S/C20H32N4O3S/c1-20(26-11-12-27-20)16-6-4-10-24(15-16)19(22-14-18(25)23(2)3)21-9-8-17-7-5-13-28-17/h5,7,13,16H,4,6,8-12,14-15H2,1-3H3,(H,21,22). The average molecular weight is 409 g/mol. The number of nitrogens with zero attached hydrogens (tertiary/aromatic N) is 3. The van der Waals surface area contributed by atoms with Gasteiger partial charge in [-0.2, -0.15) is 0 Å². The number of hydrogen-bond acceptors (Lipinski definition) is 5. The molecule has 1 unspecified atom stereocenters. The summed E-state index contributed by atoms with van der Waals surface area (Å²) < 4.78 is 11.8. The van der Waals surface area contributed by atoms with Crippen LogP contribution in [0.1, 0.15) is 24.6 Å². The van der Waals surface area contributed by atoms with Crippen LogP contribution < -0.4 is 5.32 Å². The Morgan fingerprint density at radius 2 is 2.21 bits per heavy atom. The van der Waals surface area contributed by atoms with Gasteiger partial charge in [-0.15, -0.1) is 11.3 Å². The van der Waals surface area contributed by atoms with Crippen molar-refractivity contribution in [2.45, 2.75) is 32.0 Å². The van der Waals surface area contributed by atoms with Gasteiger partial charge in [-0.05, 0) is 37.6 Å². The van der Waals surface area contributed by atoms with E-state index >= 15 is 0 Å². The van der Waals surface area contributed by atoms with Gasteiger partial charge in [-0.3, -0.25) is 4.79 Å². The Hall–Kier alpha value is -1.64. The third-order valence-corrected chi connectivity index (χ3v) is 6.36. The summed E-state index contributed by atoms with van der Waals surface area (Å²) >= 11 is 1.76. The lowest BCUT2D eigenvalue weighted by molar-refractivity contribution is -0.189. The van der Waals surface area contributed by atoms with E-state index < -0.39 is 5.79 Å². The van der Waals surface area contributed by atoms with Crippen molar-refractivity contribution in [2.75, 3.05) is 53.5 Å². The van der Waals surface area contributed by atoms with Gasteiger partial charge in [-0.1, -0.05) is 6.07 Å². The van der Waals surface area contributed by atoms with E-state index in [-0.39, 0.29) is 18.4 Å². The molecular weight excluding hydrogens is 376 g/mol. The Labute approximate surface area is 171 Å². The highest BCUT2D eigenvalue weighted by Gasteiger charge is 2.42. The Bertz CT molecular complexity index is 656. The number of aliphatic imine (C=N–C) groups is 1. The fraction of sp³-hybridized carbons (Fsp3) is 0.700. The summed E-state index contributed by atoms with van der Waals surface area (Å²) in [6, 6.07) is 4.22. The van der Waals surface area contributed by atoms with Crippen LogP contribution in [-0.4, -0.2) is 80.9 Å². The first-order chi connectivity index (χ1) is 13.5. The minimum absolute atomic E-state index is 0.000498. The number of piperidine rings is 1. The van der Waals surface area contributed by atoms with Gasteiger partial charge in [0.1, 0.15) is 6.54 Å². The molecule has 0 saturated carbocycles. The number of amides is 1. The van der Waals surface area contributed by atoms with Gasteiger partial charge < -0.3 is 24.6 Å². The van der Waals surface area contributed by atoms with Gasteiger partial charge >= 0.3 is 0 Å². The van der Waals surface area contributed by atoms with E-state index in [0.29, 0.717) is 13.2 Å². The first-order valence-corrected chi connectivity index (χ1v) is 10.9. The molecule has 8 heteroatoms. The number of nitrogens with one attached hydrogen (secondary N) is 1. The largest absolute Gasteiger partial charge is 0.356 e. The summed E-state index contributed by atoms with van der Waals surface area (Å²) in [7, 11) is 3.52. The summed E-state index contributed by atoms with van der Waals surface area (Å²) in [6.07, 6.45) is 3.08. The monoisotopic (exact) mass is 408 g/mol. The zero-order chi connectivity index (χ0) is 20.0. The molecule has 0 radical (unpaired) electrons. The van der Waals surface area contributed by atoms with Crippen LogP contribution in [0.2, 0.25) is 0 Å². The Morgan fingerprint density at radius 1 is 1.43 bits per heavy atom. The van der Waals surface area contributed by atoms with E-state index in [1.807, 2.05) is 6.92 Å². The van der Waals surface area contributed by atoms with Crippen LogP contribution in [0, 0.1) is 5.92 Å². The molecule has 2 aliphatic rings. The second kappa shape index (κ2) is 9.71. The molecule has 0 spiro atoms. The molecule has 0 aromatic carbocycles. The minimum Gasteiger partial charge on any atom is -0.356 e. The van der Waals surface area contributed by atoms with Crippen molar-refractivity contribution < 1.29 is 14.3 Å². The maximum atomic E-state index is 12.0. The third-order valence-electron chi connectivity index (χ3n) is 5.42. The normalized spacial score (nSPS) is 22.3. The molecular formula is C20H32N4O3S. The molecule has 2 saturated heterocycles. The van der Waals surface area contributed by atoms with E-state index in [9.17, 15) is 4.79 Å². The maximum absolute atomic E-state index is 12.0. The number of ether oxygens (including phenoxy) is 2. The average Bonchev–Trinajstić information content (AvgIpc) is 3.36. The lowest BCUT2D eigenvalue weighted by atomic mass is 9.90. The zero-order valence-electron chi connectivity index (χ0n) is 17.1. The van der Waals surface area contributed by atoms with Crippen LogP contribution >= 0.6 is 11.3 Å². The molecule has 1 atom stereocenters. The van der Waals surface area contributed by atoms with Gasteiger partial charge in [0.15, 0.2) is 11.7 Å². The number of guanidine groups is 1. The highest BCUT2D eigenvalue weighted by molar-refractivity contribution is 7.09. The van der Waals surface area contributed by atoms with Crippen molar-refractivity contribution in [3.05, 3.63) is 22.4 Å². The number of hydrogen-bond donors (Lipinski definition) is 1. The third kappa shape index (κ3) is 5.46. The van der Waals surface area contributed by atoms with Crippen LogP contribution in [0.25, 0.3) is 0 Å². The molecule has 3 rings (SSSR count). The Kier molecular flexibility index (Phi) is 7.31. The summed E-state index contributed by atoms with van der Waals surface area (Å²) in [6.45, 7) is 6.05. The molecule has 28 heavy (non-hydrogen) atoms. The van der Waals surface area contributed by atoms with Gasteiger partial charge in [0, 0.05) is 44.5 Å². The summed E-state index contributed by atoms with van der Waals surface area (Å²) in [5.41, 5.74) is 0. The molecule has 1 aromatic rings. The first kappa shape index (κ1) is 21.1. The fourth-order valence-electron chi connectivity index (χ4n) is 3.67. The van der Waals surface area contributed by atoms with Crippen LogP contribution in [0.3, 0.4) is 0 Å². The molecule has 2 aliphatic heterocycles. The fourth-order valence-corrected chi connectivity index (χ4v) is 4.38. The second-order valence-electron chi connectivity index (χ2n) is 7.68. The van der Waals surface area contributed by atoms with Gasteiger partial charge in [0.2, 0.25) is 5.91 Å². The second-order valence-corrected chi connectivity index (χ2v) is 8.71. The molecule has 1 amide bonds. The number of carbonyl (C=O) groups excluding carboxylic acids is 1. The number of rotatable bonds is 6. The number of thiophene rings is 1. The smallest absolute Gasteiger partial charge is 0.243 e. The van der Waals surface area contributed by atoms with Gasteiger partial charge in [0.25, 0.3) is 0 Å². The molecule has 0 bridgehead atoms. The minimum atomic E-state index is -0.514. The van der Waals surface area contributed by atoms with Crippen LogP contribution in [-0.2, 0) is 20.7 Å². The highest BCUT2D eigenvalue weighted by atomic mass is 32.1. The van der Waals surface area contributed by atoms with Crippen LogP contribution in [0.15, 0.2) is 22.5 Å². The summed E-state index contributed by atoms with van der Waals surface area (Å²) in [4.78, 5) is 21.9. The van der Waals surface area contributed by atoms with Crippen molar-refractivity contribution >= 4 is 23.2 Å².